The number of aryl methyl sites for hydroxylation is 2. The lowest BCUT2D eigenvalue weighted by molar-refractivity contribution is 0.102. The molecule has 1 heterocycles. The summed E-state index contributed by atoms with van der Waals surface area (Å²) in [5.74, 6) is 0.322. The SMILES string of the molecule is COc1ccccc1NC(=O)c1ccc(Nc2c(C)cccc2C)cn1. The standard InChI is InChI=1S/C21H21N3O2/c1-14-7-6-8-15(2)20(14)23-16-11-12-18(22-13-16)21(25)24-17-9-4-5-10-19(17)26-3/h4-13,23H,1-3H3,(H,24,25). The Morgan fingerprint density at radius 2 is 1.69 bits per heavy atom. The van der Waals surface area contributed by atoms with E-state index in [0.29, 0.717) is 17.1 Å². The first-order valence-electron chi connectivity index (χ1n) is 8.32. The van der Waals surface area contributed by atoms with Crippen LogP contribution in [0.4, 0.5) is 17.1 Å². The van der Waals surface area contributed by atoms with E-state index in [4.69, 9.17) is 4.74 Å². The molecule has 0 unspecified atom stereocenters. The maximum atomic E-state index is 12.4. The van der Waals surface area contributed by atoms with Gasteiger partial charge in [0.25, 0.3) is 5.91 Å². The van der Waals surface area contributed by atoms with E-state index < -0.39 is 0 Å². The summed E-state index contributed by atoms with van der Waals surface area (Å²) in [6.45, 7) is 4.11. The van der Waals surface area contributed by atoms with E-state index in [9.17, 15) is 4.79 Å². The van der Waals surface area contributed by atoms with Crippen molar-refractivity contribution in [1.29, 1.82) is 0 Å². The first-order valence-corrected chi connectivity index (χ1v) is 8.32. The van der Waals surface area contributed by atoms with Gasteiger partial charge in [0, 0.05) is 5.69 Å². The molecule has 3 aromatic rings. The van der Waals surface area contributed by atoms with Gasteiger partial charge in [0.2, 0.25) is 0 Å². The number of nitrogens with zero attached hydrogens (tertiary/aromatic N) is 1. The molecule has 0 aliphatic carbocycles. The summed E-state index contributed by atoms with van der Waals surface area (Å²) in [5.41, 5.74) is 5.14. The van der Waals surface area contributed by atoms with Crippen LogP contribution in [-0.4, -0.2) is 18.0 Å². The van der Waals surface area contributed by atoms with E-state index in [1.807, 2.05) is 24.3 Å². The minimum absolute atomic E-state index is 0.284. The van der Waals surface area contributed by atoms with Crippen molar-refractivity contribution < 1.29 is 9.53 Å². The number of hydrogen-bond donors (Lipinski definition) is 2. The van der Waals surface area contributed by atoms with Gasteiger partial charge in [0.05, 0.1) is 24.7 Å². The van der Waals surface area contributed by atoms with E-state index in [1.165, 1.54) is 0 Å². The molecule has 132 valence electrons. The van der Waals surface area contributed by atoms with Gasteiger partial charge in [-0.05, 0) is 49.2 Å². The molecule has 0 saturated heterocycles. The Balaban J connectivity index is 1.74. The summed E-state index contributed by atoms with van der Waals surface area (Å²) in [4.78, 5) is 16.7. The topological polar surface area (TPSA) is 63.2 Å². The number of methoxy groups -OCH3 is 1. The zero-order valence-electron chi connectivity index (χ0n) is 15.0. The highest BCUT2D eigenvalue weighted by molar-refractivity contribution is 6.03. The van der Waals surface area contributed by atoms with Gasteiger partial charge in [-0.3, -0.25) is 4.79 Å². The van der Waals surface area contributed by atoms with E-state index in [1.54, 1.807) is 31.5 Å². The third kappa shape index (κ3) is 3.83. The maximum Gasteiger partial charge on any atom is 0.274 e. The van der Waals surface area contributed by atoms with E-state index in [-0.39, 0.29) is 5.91 Å². The molecule has 2 N–H and O–H groups in total. The lowest BCUT2D eigenvalue weighted by Gasteiger charge is -2.13. The van der Waals surface area contributed by atoms with Gasteiger partial charge in [-0.15, -0.1) is 0 Å². The van der Waals surface area contributed by atoms with Crippen molar-refractivity contribution in [2.75, 3.05) is 17.7 Å². The molecule has 0 bridgehead atoms. The van der Waals surface area contributed by atoms with Crippen molar-refractivity contribution in [2.45, 2.75) is 13.8 Å². The number of anilines is 3. The molecule has 2 aromatic carbocycles. The number of rotatable bonds is 5. The molecule has 0 atom stereocenters. The van der Waals surface area contributed by atoms with Gasteiger partial charge in [0.15, 0.2) is 0 Å². The Hall–Kier alpha value is -3.34. The van der Waals surface area contributed by atoms with Crippen molar-refractivity contribution in [2.24, 2.45) is 0 Å². The van der Waals surface area contributed by atoms with Crippen molar-refractivity contribution in [3.8, 4) is 5.75 Å². The summed E-state index contributed by atoms with van der Waals surface area (Å²) in [7, 11) is 1.57. The molecule has 0 saturated carbocycles. The van der Waals surface area contributed by atoms with Crippen LogP contribution < -0.4 is 15.4 Å². The molecule has 5 nitrogen and oxygen atoms in total. The van der Waals surface area contributed by atoms with E-state index in [0.717, 1.165) is 22.5 Å². The second-order valence-corrected chi connectivity index (χ2v) is 5.98. The van der Waals surface area contributed by atoms with Gasteiger partial charge < -0.3 is 15.4 Å². The van der Waals surface area contributed by atoms with Crippen molar-refractivity contribution >= 4 is 23.0 Å². The highest BCUT2D eigenvalue weighted by Crippen LogP contribution is 2.25. The lowest BCUT2D eigenvalue weighted by Crippen LogP contribution is -2.14. The molecule has 0 fully saturated rings. The first-order chi connectivity index (χ1) is 12.6. The normalized spacial score (nSPS) is 10.3. The molecular weight excluding hydrogens is 326 g/mol. The van der Waals surface area contributed by atoms with E-state index in [2.05, 4.69) is 41.6 Å². The lowest BCUT2D eigenvalue weighted by atomic mass is 10.1. The van der Waals surface area contributed by atoms with Crippen LogP contribution >= 0.6 is 0 Å². The van der Waals surface area contributed by atoms with E-state index >= 15 is 0 Å². The Bertz CT molecular complexity index is 901. The molecule has 0 aliphatic heterocycles. The molecule has 3 rings (SSSR count). The molecule has 26 heavy (non-hydrogen) atoms. The van der Waals surface area contributed by atoms with Crippen LogP contribution in [0.15, 0.2) is 60.8 Å². The number of pyridine rings is 1. The number of ether oxygens (including phenoxy) is 1. The third-order valence-corrected chi connectivity index (χ3v) is 4.10. The van der Waals surface area contributed by atoms with Crippen molar-refractivity contribution in [3.05, 3.63) is 77.6 Å². The second kappa shape index (κ2) is 7.70. The smallest absolute Gasteiger partial charge is 0.274 e. The summed E-state index contributed by atoms with van der Waals surface area (Å²) in [5, 5.41) is 6.18. The third-order valence-electron chi connectivity index (χ3n) is 4.10. The Kier molecular flexibility index (Phi) is 5.17. The van der Waals surface area contributed by atoms with Gasteiger partial charge in [0.1, 0.15) is 11.4 Å². The minimum atomic E-state index is -0.284. The maximum absolute atomic E-state index is 12.4. The van der Waals surface area contributed by atoms with Crippen molar-refractivity contribution in [3.63, 3.8) is 0 Å². The van der Waals surface area contributed by atoms with Gasteiger partial charge in [-0.2, -0.15) is 0 Å². The van der Waals surface area contributed by atoms with Crippen molar-refractivity contribution in [1.82, 2.24) is 4.98 Å². The summed E-state index contributed by atoms with van der Waals surface area (Å²) in [6, 6.07) is 16.9. The predicted octanol–water partition coefficient (Wildman–Crippen LogP) is 4.70. The van der Waals surface area contributed by atoms with Crippen LogP contribution in [0.1, 0.15) is 21.6 Å². The number of hydrogen-bond acceptors (Lipinski definition) is 4. The summed E-state index contributed by atoms with van der Waals surface area (Å²) in [6.07, 6.45) is 1.66. The molecule has 0 radical (unpaired) electrons. The highest BCUT2D eigenvalue weighted by Gasteiger charge is 2.11. The Morgan fingerprint density at radius 1 is 0.962 bits per heavy atom. The van der Waals surface area contributed by atoms with Crippen LogP contribution in [0.5, 0.6) is 5.75 Å². The van der Waals surface area contributed by atoms with Crippen LogP contribution in [-0.2, 0) is 0 Å². The quantitative estimate of drug-likeness (QED) is 0.702. The average molecular weight is 347 g/mol. The van der Waals surface area contributed by atoms with Gasteiger partial charge >= 0.3 is 0 Å². The fraction of sp³-hybridized carbons (Fsp3) is 0.143. The summed E-state index contributed by atoms with van der Waals surface area (Å²) < 4.78 is 5.24. The molecule has 0 spiro atoms. The largest absolute Gasteiger partial charge is 0.495 e. The Labute approximate surface area is 153 Å². The molecule has 1 amide bonds. The van der Waals surface area contributed by atoms with Gasteiger partial charge in [-0.1, -0.05) is 30.3 Å². The number of amides is 1. The zero-order chi connectivity index (χ0) is 18.5. The second-order valence-electron chi connectivity index (χ2n) is 5.98. The number of carbonyl (C=O) groups is 1. The monoisotopic (exact) mass is 347 g/mol. The number of nitrogens with one attached hydrogen (secondary N) is 2. The first kappa shape index (κ1) is 17.5. The molecular formula is C21H21N3O2. The fourth-order valence-corrected chi connectivity index (χ4v) is 2.69. The zero-order valence-corrected chi connectivity index (χ0v) is 15.0. The highest BCUT2D eigenvalue weighted by atomic mass is 16.5. The summed E-state index contributed by atoms with van der Waals surface area (Å²) >= 11 is 0. The number of benzene rings is 2. The molecule has 5 heteroatoms. The number of aromatic nitrogens is 1. The minimum Gasteiger partial charge on any atom is -0.495 e. The van der Waals surface area contributed by atoms with Crippen LogP contribution in [0.25, 0.3) is 0 Å². The van der Waals surface area contributed by atoms with Gasteiger partial charge in [-0.25, -0.2) is 4.98 Å². The molecule has 1 aromatic heterocycles. The van der Waals surface area contributed by atoms with Crippen LogP contribution in [0, 0.1) is 13.8 Å². The predicted molar refractivity (Wildman–Crippen MR) is 104 cm³/mol. The van der Waals surface area contributed by atoms with Crippen LogP contribution in [0.2, 0.25) is 0 Å². The Morgan fingerprint density at radius 3 is 2.35 bits per heavy atom. The van der Waals surface area contributed by atoms with Crippen LogP contribution in [0.3, 0.4) is 0 Å². The fourth-order valence-electron chi connectivity index (χ4n) is 2.69. The number of carbonyl (C=O) groups excluding carboxylic acids is 1. The number of para-hydroxylation sites is 3. The average Bonchev–Trinajstić information content (AvgIpc) is 2.66. The molecule has 0 aliphatic rings.